The number of rotatable bonds is 8. The van der Waals surface area contributed by atoms with Crippen LogP contribution in [0.25, 0.3) is 0 Å². The van der Waals surface area contributed by atoms with E-state index in [4.69, 9.17) is 4.52 Å². The second-order valence-corrected chi connectivity index (χ2v) is 7.81. The highest BCUT2D eigenvalue weighted by Crippen LogP contribution is 2.44. The molecular formula is C19H23N2O4P. The highest BCUT2D eigenvalue weighted by atomic mass is 31.2. The number of aryl methyl sites for hydroxylation is 1. The molecule has 2 aromatic carbocycles. The van der Waals surface area contributed by atoms with Crippen molar-refractivity contribution in [3.8, 4) is 0 Å². The van der Waals surface area contributed by atoms with Gasteiger partial charge in [0.05, 0.1) is 6.61 Å². The average Bonchev–Trinajstić information content (AvgIpc) is 2.64. The van der Waals surface area contributed by atoms with Crippen molar-refractivity contribution in [2.75, 3.05) is 20.2 Å². The van der Waals surface area contributed by atoms with Crippen LogP contribution in [0.4, 0.5) is 0 Å². The number of nitrogens with zero attached hydrogens (tertiary/aromatic N) is 2. The number of hydrogen-bond acceptors (Lipinski definition) is 3. The van der Waals surface area contributed by atoms with Crippen molar-refractivity contribution >= 4 is 19.9 Å². The first-order valence-electron chi connectivity index (χ1n) is 8.25. The molecule has 2 rings (SSSR count). The molecule has 0 bridgehead atoms. The Balaban J connectivity index is 1.80. The van der Waals surface area contributed by atoms with E-state index in [1.807, 2.05) is 49.4 Å². The van der Waals surface area contributed by atoms with Crippen LogP contribution in [0.1, 0.15) is 21.5 Å². The van der Waals surface area contributed by atoms with Crippen LogP contribution in [0.3, 0.4) is 0 Å². The highest BCUT2D eigenvalue weighted by molar-refractivity contribution is 7.50. The molecule has 0 aliphatic rings. The first-order chi connectivity index (χ1) is 12.4. The smallest absolute Gasteiger partial charge is 0.312 e. The lowest BCUT2D eigenvalue weighted by Crippen LogP contribution is -2.20. The number of aliphatic imine (C=N–C) groups is 1. The summed E-state index contributed by atoms with van der Waals surface area (Å²) in [6, 6.07) is 16.7. The van der Waals surface area contributed by atoms with Crippen molar-refractivity contribution in [2.24, 2.45) is 4.99 Å². The van der Waals surface area contributed by atoms with E-state index in [0.29, 0.717) is 18.5 Å². The highest BCUT2D eigenvalue weighted by Gasteiger charge is 2.25. The van der Waals surface area contributed by atoms with Gasteiger partial charge in [-0.3, -0.25) is 9.32 Å². The van der Waals surface area contributed by atoms with E-state index in [-0.39, 0.29) is 6.61 Å². The van der Waals surface area contributed by atoms with E-state index in [0.717, 1.165) is 11.1 Å². The topological polar surface area (TPSA) is 79.2 Å². The van der Waals surface area contributed by atoms with E-state index in [2.05, 4.69) is 4.99 Å². The molecule has 1 N–H and O–H groups in total. The zero-order chi connectivity index (χ0) is 19.0. The first-order valence-corrected chi connectivity index (χ1v) is 9.78. The van der Waals surface area contributed by atoms with Crippen LogP contribution in [-0.2, 0) is 15.5 Å². The van der Waals surface area contributed by atoms with Gasteiger partial charge in [-0.15, -0.1) is 0 Å². The van der Waals surface area contributed by atoms with E-state index < -0.39 is 13.7 Å². The number of hydrogen-bond donors (Lipinski definition) is 1. The molecular weight excluding hydrogens is 351 g/mol. The third kappa shape index (κ3) is 6.32. The molecule has 1 amide bonds. The van der Waals surface area contributed by atoms with Crippen LogP contribution in [0.5, 0.6) is 0 Å². The molecule has 1 unspecified atom stereocenters. The molecule has 138 valence electrons. The molecule has 0 spiro atoms. The van der Waals surface area contributed by atoms with Crippen molar-refractivity contribution in [1.82, 2.24) is 4.67 Å². The van der Waals surface area contributed by atoms with Crippen LogP contribution in [0.2, 0.25) is 0 Å². The van der Waals surface area contributed by atoms with Gasteiger partial charge >= 0.3 is 7.75 Å². The van der Waals surface area contributed by atoms with E-state index in [9.17, 15) is 14.3 Å². The summed E-state index contributed by atoms with van der Waals surface area (Å²) >= 11 is 0. The molecule has 0 radical (unpaired) electrons. The molecule has 0 aliphatic heterocycles. The van der Waals surface area contributed by atoms with Crippen molar-refractivity contribution in [1.29, 1.82) is 0 Å². The maximum atomic E-state index is 12.2. The Bertz CT molecular complexity index is 791. The zero-order valence-corrected chi connectivity index (χ0v) is 15.8. The summed E-state index contributed by atoms with van der Waals surface area (Å²) in [6.07, 6.45) is 1.83. The maximum Gasteiger partial charge on any atom is 0.405 e. The third-order valence-corrected chi connectivity index (χ3v) is 5.37. The number of amides is 1. The SMILES string of the molecule is Cc1ccc(C(=O)/N=C/COP(=O)(O)N(C)CCc2ccccc2)cc1. The number of carbonyl (C=O) groups excluding carboxylic acids is 1. The van der Waals surface area contributed by atoms with Gasteiger partial charge in [0.2, 0.25) is 0 Å². The van der Waals surface area contributed by atoms with Gasteiger partial charge in [0.1, 0.15) is 0 Å². The summed E-state index contributed by atoms with van der Waals surface area (Å²) in [6.45, 7) is 2.08. The van der Waals surface area contributed by atoms with Crippen molar-refractivity contribution < 1.29 is 18.8 Å². The number of benzene rings is 2. The summed E-state index contributed by atoms with van der Waals surface area (Å²) < 4.78 is 18.5. The van der Waals surface area contributed by atoms with Gasteiger partial charge in [-0.2, -0.15) is 0 Å². The lowest BCUT2D eigenvalue weighted by Gasteiger charge is -2.21. The minimum Gasteiger partial charge on any atom is -0.312 e. The summed E-state index contributed by atoms with van der Waals surface area (Å²) in [4.78, 5) is 25.6. The average molecular weight is 374 g/mol. The van der Waals surface area contributed by atoms with Gasteiger partial charge in [-0.1, -0.05) is 48.0 Å². The summed E-state index contributed by atoms with van der Waals surface area (Å²) in [7, 11) is -2.40. The molecule has 2 aromatic rings. The van der Waals surface area contributed by atoms with E-state index >= 15 is 0 Å². The zero-order valence-electron chi connectivity index (χ0n) is 14.9. The predicted molar refractivity (Wildman–Crippen MR) is 103 cm³/mol. The Labute approximate surface area is 153 Å². The molecule has 0 fully saturated rings. The van der Waals surface area contributed by atoms with Gasteiger partial charge in [0, 0.05) is 18.3 Å². The second kappa shape index (κ2) is 9.55. The van der Waals surface area contributed by atoms with Crippen LogP contribution in [0.15, 0.2) is 59.6 Å². The quantitative estimate of drug-likeness (QED) is 0.565. The Hall–Kier alpha value is -2.11. The van der Waals surface area contributed by atoms with Crippen molar-refractivity contribution in [3.63, 3.8) is 0 Å². The van der Waals surface area contributed by atoms with Gasteiger partial charge in [-0.05, 0) is 38.1 Å². The molecule has 1 atom stereocenters. The Morgan fingerprint density at radius 1 is 1.19 bits per heavy atom. The molecule has 6 nitrogen and oxygen atoms in total. The van der Waals surface area contributed by atoms with Gasteiger partial charge in [0.15, 0.2) is 0 Å². The summed E-state index contributed by atoms with van der Waals surface area (Å²) in [5, 5.41) is 0. The van der Waals surface area contributed by atoms with Crippen molar-refractivity contribution in [2.45, 2.75) is 13.3 Å². The molecule has 26 heavy (non-hydrogen) atoms. The Morgan fingerprint density at radius 3 is 2.50 bits per heavy atom. The Kier molecular flexibility index (Phi) is 7.42. The fourth-order valence-electron chi connectivity index (χ4n) is 2.18. The Morgan fingerprint density at radius 2 is 1.85 bits per heavy atom. The van der Waals surface area contributed by atoms with Crippen LogP contribution in [-0.4, -0.2) is 41.9 Å². The largest absolute Gasteiger partial charge is 0.405 e. The van der Waals surface area contributed by atoms with Gasteiger partial charge in [-0.25, -0.2) is 14.2 Å². The fourth-order valence-corrected chi connectivity index (χ4v) is 2.99. The van der Waals surface area contributed by atoms with E-state index in [1.54, 1.807) is 12.1 Å². The fraction of sp³-hybridized carbons (Fsp3) is 0.263. The molecule has 0 heterocycles. The minimum atomic E-state index is -3.93. The third-order valence-electron chi connectivity index (χ3n) is 3.82. The summed E-state index contributed by atoms with van der Waals surface area (Å²) in [5.74, 6) is -0.418. The molecule has 0 aromatic heterocycles. The van der Waals surface area contributed by atoms with Gasteiger partial charge < -0.3 is 4.89 Å². The van der Waals surface area contributed by atoms with Crippen LogP contribution < -0.4 is 0 Å². The molecule has 0 saturated heterocycles. The van der Waals surface area contributed by atoms with Crippen molar-refractivity contribution in [3.05, 3.63) is 71.3 Å². The lowest BCUT2D eigenvalue weighted by molar-refractivity contribution is 0.100. The number of carbonyl (C=O) groups is 1. The predicted octanol–water partition coefficient (Wildman–Crippen LogP) is 3.50. The maximum absolute atomic E-state index is 12.2. The lowest BCUT2D eigenvalue weighted by atomic mass is 10.1. The molecule has 0 saturated carbocycles. The van der Waals surface area contributed by atoms with E-state index in [1.165, 1.54) is 17.9 Å². The first kappa shape index (κ1) is 20.2. The monoisotopic (exact) mass is 374 g/mol. The minimum absolute atomic E-state index is 0.221. The van der Waals surface area contributed by atoms with Crippen LogP contribution in [0, 0.1) is 6.92 Å². The normalized spacial score (nSPS) is 13.8. The standard InChI is InChI=1S/C19H23N2O4P/c1-16-8-10-18(11-9-16)19(22)20-13-15-25-26(23,24)21(2)14-12-17-6-4-3-5-7-17/h3-11,13H,12,14-15H2,1-2H3,(H,23,24)/b20-13+. The number of likely N-dealkylation sites (N-methyl/N-ethyl adjacent to an activating group) is 1. The van der Waals surface area contributed by atoms with Gasteiger partial charge in [0.25, 0.3) is 5.91 Å². The summed E-state index contributed by atoms with van der Waals surface area (Å²) in [5.41, 5.74) is 2.58. The van der Waals surface area contributed by atoms with Crippen LogP contribution >= 0.6 is 7.75 Å². The second-order valence-electron chi connectivity index (χ2n) is 5.89. The molecule has 7 heteroatoms. The molecule has 0 aliphatic carbocycles.